The third-order valence-corrected chi connectivity index (χ3v) is 1.90. The Kier molecular flexibility index (Phi) is 5.29. The zero-order valence-electron chi connectivity index (χ0n) is 7.32. The summed E-state index contributed by atoms with van der Waals surface area (Å²) in [6, 6.07) is 0. The van der Waals surface area contributed by atoms with Crippen LogP contribution in [0.25, 0.3) is 0 Å². The Morgan fingerprint density at radius 2 is 1.75 bits per heavy atom. The minimum absolute atomic E-state index is 0.226. The molecule has 0 aromatic heterocycles. The first-order chi connectivity index (χ1) is 5.48. The second kappa shape index (κ2) is 5.41. The van der Waals surface area contributed by atoms with Crippen molar-refractivity contribution in [2.24, 2.45) is 11.7 Å². The Bertz CT molecular complexity index is 111. The van der Waals surface area contributed by atoms with Gasteiger partial charge >= 0.3 is 6.18 Å². The number of unbranched alkanes of at least 4 members (excludes halogenated alkanes) is 2. The molecule has 0 aromatic carbocycles. The summed E-state index contributed by atoms with van der Waals surface area (Å²) in [4.78, 5) is 0. The number of alkyl halides is 3. The van der Waals surface area contributed by atoms with Gasteiger partial charge in [-0.05, 0) is 19.4 Å². The predicted molar refractivity (Wildman–Crippen MR) is 42.7 cm³/mol. The first kappa shape index (κ1) is 11.8. The Balaban J connectivity index is 3.38. The summed E-state index contributed by atoms with van der Waals surface area (Å²) in [5, 5.41) is 0. The minimum Gasteiger partial charge on any atom is -0.330 e. The molecular weight excluding hydrogens is 167 g/mol. The zero-order valence-corrected chi connectivity index (χ0v) is 7.32. The Morgan fingerprint density at radius 3 is 2.17 bits per heavy atom. The molecule has 1 nitrogen and oxygen atoms in total. The summed E-state index contributed by atoms with van der Waals surface area (Å²) in [5.41, 5.74) is 5.21. The molecule has 4 heteroatoms. The fraction of sp³-hybridized carbons (Fsp3) is 1.00. The largest absolute Gasteiger partial charge is 0.391 e. The van der Waals surface area contributed by atoms with Gasteiger partial charge in [0.05, 0.1) is 5.92 Å². The summed E-state index contributed by atoms with van der Waals surface area (Å²) in [5.74, 6) is -1.17. The molecule has 0 saturated heterocycles. The highest BCUT2D eigenvalue weighted by Gasteiger charge is 2.34. The number of nitrogens with two attached hydrogens (primary N) is 1. The van der Waals surface area contributed by atoms with Crippen LogP contribution in [0.5, 0.6) is 0 Å². The lowest BCUT2D eigenvalue weighted by Gasteiger charge is -2.14. The van der Waals surface area contributed by atoms with Gasteiger partial charge in [0, 0.05) is 0 Å². The molecule has 0 spiro atoms. The second-order valence-electron chi connectivity index (χ2n) is 3.08. The molecule has 2 N–H and O–H groups in total. The first-order valence-corrected chi connectivity index (χ1v) is 4.25. The summed E-state index contributed by atoms with van der Waals surface area (Å²) in [7, 11) is 0. The highest BCUT2D eigenvalue weighted by atomic mass is 19.4. The van der Waals surface area contributed by atoms with E-state index in [1.54, 1.807) is 0 Å². The lowest BCUT2D eigenvalue weighted by atomic mass is 10.0. The molecule has 0 unspecified atom stereocenters. The Labute approximate surface area is 71.1 Å². The molecule has 0 aromatic rings. The molecule has 0 fully saturated rings. The van der Waals surface area contributed by atoms with Crippen LogP contribution in [0.1, 0.15) is 32.6 Å². The molecule has 12 heavy (non-hydrogen) atoms. The van der Waals surface area contributed by atoms with Crippen LogP contribution in [0.4, 0.5) is 13.2 Å². The molecule has 1 atom stereocenters. The van der Waals surface area contributed by atoms with Gasteiger partial charge in [-0.15, -0.1) is 0 Å². The van der Waals surface area contributed by atoms with Crippen molar-refractivity contribution in [2.45, 2.75) is 38.8 Å². The lowest BCUT2D eigenvalue weighted by molar-refractivity contribution is -0.171. The highest BCUT2D eigenvalue weighted by molar-refractivity contribution is 4.61. The molecule has 0 rings (SSSR count). The molecule has 0 radical (unpaired) electrons. The number of hydrogen-bond donors (Lipinski definition) is 1. The number of rotatable bonds is 5. The predicted octanol–water partition coefficient (Wildman–Crippen LogP) is 2.70. The zero-order chi connectivity index (χ0) is 9.61. The van der Waals surface area contributed by atoms with Gasteiger partial charge in [-0.3, -0.25) is 0 Å². The van der Waals surface area contributed by atoms with Crippen molar-refractivity contribution in [2.75, 3.05) is 6.54 Å². The fourth-order valence-electron chi connectivity index (χ4n) is 0.935. The molecule has 0 bridgehead atoms. The van der Waals surface area contributed by atoms with E-state index in [-0.39, 0.29) is 6.42 Å². The maximum atomic E-state index is 11.9. The number of hydrogen-bond acceptors (Lipinski definition) is 1. The maximum Gasteiger partial charge on any atom is 0.391 e. The number of halogens is 3. The van der Waals surface area contributed by atoms with E-state index in [2.05, 4.69) is 0 Å². The average Bonchev–Trinajstić information content (AvgIpc) is 1.96. The standard InChI is InChI=1S/C8H16F3N/c1-7(8(9,10)11)5-3-2-4-6-12/h7H,2-6,12H2,1H3/t7-/m1/s1. The van der Waals surface area contributed by atoms with Gasteiger partial charge < -0.3 is 5.73 Å². The van der Waals surface area contributed by atoms with Crippen LogP contribution in [0, 0.1) is 5.92 Å². The third kappa shape index (κ3) is 5.41. The van der Waals surface area contributed by atoms with Crippen LogP contribution in [0.2, 0.25) is 0 Å². The molecule has 74 valence electrons. The first-order valence-electron chi connectivity index (χ1n) is 4.25. The van der Waals surface area contributed by atoms with Crippen LogP contribution in [0.3, 0.4) is 0 Å². The monoisotopic (exact) mass is 183 g/mol. The molecule has 0 aliphatic rings. The van der Waals surface area contributed by atoms with Crippen molar-refractivity contribution >= 4 is 0 Å². The third-order valence-electron chi connectivity index (χ3n) is 1.90. The quantitative estimate of drug-likeness (QED) is 0.651. The highest BCUT2D eigenvalue weighted by Crippen LogP contribution is 2.29. The average molecular weight is 183 g/mol. The van der Waals surface area contributed by atoms with Crippen molar-refractivity contribution in [3.05, 3.63) is 0 Å². The van der Waals surface area contributed by atoms with Crippen molar-refractivity contribution < 1.29 is 13.2 Å². The van der Waals surface area contributed by atoms with E-state index < -0.39 is 12.1 Å². The van der Waals surface area contributed by atoms with E-state index in [1.807, 2.05) is 0 Å². The van der Waals surface area contributed by atoms with Crippen LogP contribution < -0.4 is 5.73 Å². The topological polar surface area (TPSA) is 26.0 Å². The summed E-state index contributed by atoms with van der Waals surface area (Å²) < 4.78 is 35.8. The van der Waals surface area contributed by atoms with Gasteiger partial charge in [0.25, 0.3) is 0 Å². The van der Waals surface area contributed by atoms with E-state index in [1.165, 1.54) is 6.92 Å². The normalized spacial score (nSPS) is 14.8. The van der Waals surface area contributed by atoms with E-state index >= 15 is 0 Å². The second-order valence-corrected chi connectivity index (χ2v) is 3.08. The van der Waals surface area contributed by atoms with Gasteiger partial charge in [0.2, 0.25) is 0 Å². The van der Waals surface area contributed by atoms with E-state index in [4.69, 9.17) is 5.73 Å². The van der Waals surface area contributed by atoms with E-state index in [0.29, 0.717) is 13.0 Å². The molecule has 0 aliphatic carbocycles. The lowest BCUT2D eigenvalue weighted by Crippen LogP contribution is -2.19. The van der Waals surface area contributed by atoms with Crippen LogP contribution in [-0.2, 0) is 0 Å². The molecule has 0 saturated carbocycles. The minimum atomic E-state index is -4.03. The van der Waals surface area contributed by atoms with Crippen LogP contribution in [0.15, 0.2) is 0 Å². The van der Waals surface area contributed by atoms with Gasteiger partial charge in [0.15, 0.2) is 0 Å². The van der Waals surface area contributed by atoms with Gasteiger partial charge in [-0.25, -0.2) is 0 Å². The fourth-order valence-corrected chi connectivity index (χ4v) is 0.935. The summed E-state index contributed by atoms with van der Waals surface area (Å²) >= 11 is 0. The molecular formula is C8H16F3N. The SMILES string of the molecule is C[C@H](CCCCCN)C(F)(F)F. The molecule has 0 heterocycles. The van der Waals surface area contributed by atoms with Crippen LogP contribution in [-0.4, -0.2) is 12.7 Å². The van der Waals surface area contributed by atoms with Gasteiger partial charge in [-0.2, -0.15) is 13.2 Å². The van der Waals surface area contributed by atoms with Crippen molar-refractivity contribution in [3.8, 4) is 0 Å². The van der Waals surface area contributed by atoms with Crippen molar-refractivity contribution in [3.63, 3.8) is 0 Å². The molecule has 0 aliphatic heterocycles. The van der Waals surface area contributed by atoms with Crippen LogP contribution >= 0.6 is 0 Å². The maximum absolute atomic E-state index is 11.9. The summed E-state index contributed by atoms with van der Waals surface area (Å²) in [6.45, 7) is 1.79. The van der Waals surface area contributed by atoms with Crippen molar-refractivity contribution in [1.82, 2.24) is 0 Å². The van der Waals surface area contributed by atoms with E-state index in [9.17, 15) is 13.2 Å². The molecule has 0 amide bonds. The Hall–Kier alpha value is -0.250. The Morgan fingerprint density at radius 1 is 1.17 bits per heavy atom. The smallest absolute Gasteiger partial charge is 0.330 e. The van der Waals surface area contributed by atoms with Gasteiger partial charge in [-0.1, -0.05) is 19.8 Å². The van der Waals surface area contributed by atoms with Gasteiger partial charge in [0.1, 0.15) is 0 Å². The summed E-state index contributed by atoms with van der Waals surface area (Å²) in [6.07, 6.45) is -1.55. The van der Waals surface area contributed by atoms with E-state index in [0.717, 1.165) is 12.8 Å². The van der Waals surface area contributed by atoms with Crippen molar-refractivity contribution in [1.29, 1.82) is 0 Å².